The van der Waals surface area contributed by atoms with Crippen LogP contribution in [0.15, 0.2) is 49.3 Å². The second-order valence-electron chi connectivity index (χ2n) is 8.21. The number of aliphatic hydroxyl groups is 1. The van der Waals surface area contributed by atoms with Crippen LogP contribution in [-0.4, -0.2) is 52.9 Å². The molecule has 0 radical (unpaired) electrons. The Kier molecular flexibility index (Phi) is 6.27. The summed E-state index contributed by atoms with van der Waals surface area (Å²) < 4.78 is 3.32. The molecule has 1 amide bonds. The Morgan fingerprint density at radius 2 is 1.94 bits per heavy atom. The predicted molar refractivity (Wildman–Crippen MR) is 122 cm³/mol. The molecule has 33 heavy (non-hydrogen) atoms. The van der Waals surface area contributed by atoms with Crippen molar-refractivity contribution in [2.45, 2.75) is 39.3 Å². The van der Waals surface area contributed by atoms with Gasteiger partial charge in [0.2, 0.25) is 5.91 Å². The van der Waals surface area contributed by atoms with E-state index < -0.39 is 0 Å². The van der Waals surface area contributed by atoms with Crippen molar-refractivity contribution in [2.24, 2.45) is 0 Å². The lowest BCUT2D eigenvalue weighted by Crippen LogP contribution is -2.19. The molecule has 4 heterocycles. The van der Waals surface area contributed by atoms with E-state index in [-0.39, 0.29) is 36.8 Å². The number of amides is 1. The van der Waals surface area contributed by atoms with Gasteiger partial charge in [-0.3, -0.25) is 19.6 Å². The van der Waals surface area contributed by atoms with Gasteiger partial charge in [-0.25, -0.2) is 4.68 Å². The van der Waals surface area contributed by atoms with Crippen molar-refractivity contribution in [1.82, 2.24) is 29.5 Å². The average Bonchev–Trinajstić information content (AvgIpc) is 3.43. The van der Waals surface area contributed by atoms with E-state index in [1.54, 1.807) is 30.9 Å². The van der Waals surface area contributed by atoms with E-state index in [2.05, 4.69) is 25.6 Å². The smallest absolute Gasteiger partial charge is 0.246 e. The van der Waals surface area contributed by atoms with Crippen LogP contribution in [0.3, 0.4) is 0 Å². The zero-order valence-corrected chi connectivity index (χ0v) is 18.6. The monoisotopic (exact) mass is 447 g/mol. The SMILES string of the molecule is CC(C)c1cn(CC(=O)Nc2cncc(C(=O)c3cn(C(C)CO)c4ccncc34)c2)nn1. The van der Waals surface area contributed by atoms with Gasteiger partial charge in [0.25, 0.3) is 0 Å². The molecule has 1 unspecified atom stereocenters. The van der Waals surface area contributed by atoms with Gasteiger partial charge in [-0.15, -0.1) is 5.10 Å². The molecule has 4 rings (SSSR count). The number of carbonyl (C=O) groups excluding carboxylic acids is 2. The van der Waals surface area contributed by atoms with Gasteiger partial charge < -0.3 is 15.0 Å². The summed E-state index contributed by atoms with van der Waals surface area (Å²) in [5.74, 6) is -0.340. The molecule has 0 saturated carbocycles. The molecule has 2 N–H and O–H groups in total. The number of fused-ring (bicyclic) bond motifs is 1. The third-order valence-corrected chi connectivity index (χ3v) is 5.36. The summed E-state index contributed by atoms with van der Waals surface area (Å²) in [4.78, 5) is 34.0. The summed E-state index contributed by atoms with van der Waals surface area (Å²) in [7, 11) is 0. The molecule has 10 nitrogen and oxygen atoms in total. The summed E-state index contributed by atoms with van der Waals surface area (Å²) >= 11 is 0. The molecule has 0 aliphatic rings. The lowest BCUT2D eigenvalue weighted by Gasteiger charge is -2.11. The van der Waals surface area contributed by atoms with Gasteiger partial charge >= 0.3 is 0 Å². The van der Waals surface area contributed by atoms with E-state index in [4.69, 9.17) is 0 Å². The van der Waals surface area contributed by atoms with Crippen LogP contribution in [0.1, 0.15) is 54.3 Å². The molecule has 0 fully saturated rings. The normalized spacial score (nSPS) is 12.3. The van der Waals surface area contributed by atoms with Crippen LogP contribution in [0.2, 0.25) is 0 Å². The second kappa shape index (κ2) is 9.29. The Balaban J connectivity index is 1.55. The molecule has 0 bridgehead atoms. The Hall–Kier alpha value is -3.92. The Morgan fingerprint density at radius 1 is 1.12 bits per heavy atom. The third-order valence-electron chi connectivity index (χ3n) is 5.36. The Bertz CT molecular complexity index is 1310. The first-order valence-electron chi connectivity index (χ1n) is 10.6. The summed E-state index contributed by atoms with van der Waals surface area (Å²) in [5, 5.41) is 21.0. The fraction of sp³-hybridized carbons (Fsp3) is 0.304. The van der Waals surface area contributed by atoms with Crippen molar-refractivity contribution in [2.75, 3.05) is 11.9 Å². The van der Waals surface area contributed by atoms with Crippen LogP contribution < -0.4 is 5.32 Å². The van der Waals surface area contributed by atoms with E-state index in [0.29, 0.717) is 22.2 Å². The van der Waals surface area contributed by atoms with E-state index in [1.165, 1.54) is 17.1 Å². The topological polar surface area (TPSA) is 128 Å². The van der Waals surface area contributed by atoms with Gasteiger partial charge in [-0.1, -0.05) is 19.1 Å². The number of aromatic nitrogens is 6. The average molecular weight is 447 g/mol. The zero-order chi connectivity index (χ0) is 23.5. The van der Waals surface area contributed by atoms with E-state index in [1.807, 2.05) is 31.4 Å². The number of ketones is 1. The summed E-state index contributed by atoms with van der Waals surface area (Å²) in [6, 6.07) is 3.19. The Labute approximate surface area is 190 Å². The largest absolute Gasteiger partial charge is 0.394 e. The molecule has 0 saturated heterocycles. The van der Waals surface area contributed by atoms with Gasteiger partial charge in [0.15, 0.2) is 5.78 Å². The number of carbonyl (C=O) groups is 2. The standard InChI is InChI=1S/C23H25N7O3/c1-14(2)20-11-29(28-27-20)12-22(32)26-17-6-16(7-25-8-17)23(33)19-10-30(15(3)13-31)21-4-5-24-9-18(19)21/h4-11,14-15,31H,12-13H2,1-3H3,(H,26,32). The summed E-state index contributed by atoms with van der Waals surface area (Å²) in [6.07, 6.45) is 9.67. The van der Waals surface area contributed by atoms with Crippen molar-refractivity contribution in [3.05, 3.63) is 66.1 Å². The number of nitrogens with zero attached hydrogens (tertiary/aromatic N) is 6. The molecule has 4 aromatic heterocycles. The highest BCUT2D eigenvalue weighted by Crippen LogP contribution is 2.26. The maximum atomic E-state index is 13.3. The van der Waals surface area contributed by atoms with Crippen LogP contribution in [0.5, 0.6) is 0 Å². The van der Waals surface area contributed by atoms with Crippen LogP contribution in [0, 0.1) is 0 Å². The summed E-state index contributed by atoms with van der Waals surface area (Å²) in [5.41, 5.74) is 2.80. The summed E-state index contributed by atoms with van der Waals surface area (Å²) in [6.45, 7) is 5.80. The second-order valence-corrected chi connectivity index (χ2v) is 8.21. The molecule has 0 aromatic carbocycles. The molecule has 4 aromatic rings. The molecule has 170 valence electrons. The minimum atomic E-state index is -0.306. The van der Waals surface area contributed by atoms with Crippen molar-refractivity contribution >= 4 is 28.3 Å². The van der Waals surface area contributed by atoms with Crippen molar-refractivity contribution in [1.29, 1.82) is 0 Å². The number of rotatable bonds is 8. The highest BCUT2D eigenvalue weighted by atomic mass is 16.3. The number of anilines is 1. The Morgan fingerprint density at radius 3 is 2.67 bits per heavy atom. The van der Waals surface area contributed by atoms with E-state index in [0.717, 1.165) is 11.2 Å². The fourth-order valence-corrected chi connectivity index (χ4v) is 3.52. The number of hydrogen-bond donors (Lipinski definition) is 2. The molecular formula is C23H25N7O3. The predicted octanol–water partition coefficient (Wildman–Crippen LogP) is 2.57. The van der Waals surface area contributed by atoms with Gasteiger partial charge in [0.05, 0.1) is 35.7 Å². The molecule has 0 aliphatic heterocycles. The quantitative estimate of drug-likeness (QED) is 0.397. The lowest BCUT2D eigenvalue weighted by molar-refractivity contribution is -0.116. The molecular weight excluding hydrogens is 422 g/mol. The number of nitrogens with one attached hydrogen (secondary N) is 1. The highest BCUT2D eigenvalue weighted by Gasteiger charge is 2.20. The van der Waals surface area contributed by atoms with Crippen LogP contribution in [-0.2, 0) is 11.3 Å². The van der Waals surface area contributed by atoms with Crippen LogP contribution in [0.4, 0.5) is 5.69 Å². The van der Waals surface area contributed by atoms with Crippen LogP contribution >= 0.6 is 0 Å². The number of hydrogen-bond acceptors (Lipinski definition) is 7. The van der Waals surface area contributed by atoms with E-state index in [9.17, 15) is 14.7 Å². The maximum absolute atomic E-state index is 13.3. The first kappa shape index (κ1) is 22.3. The minimum Gasteiger partial charge on any atom is -0.394 e. The van der Waals surface area contributed by atoms with Gasteiger partial charge in [0.1, 0.15) is 6.54 Å². The lowest BCUT2D eigenvalue weighted by atomic mass is 10.1. The van der Waals surface area contributed by atoms with Gasteiger partial charge in [0, 0.05) is 47.5 Å². The molecule has 10 heteroatoms. The van der Waals surface area contributed by atoms with Crippen molar-refractivity contribution < 1.29 is 14.7 Å². The number of pyridine rings is 2. The minimum absolute atomic E-state index is 0.00387. The maximum Gasteiger partial charge on any atom is 0.246 e. The first-order chi connectivity index (χ1) is 15.9. The van der Waals surface area contributed by atoms with E-state index >= 15 is 0 Å². The first-order valence-corrected chi connectivity index (χ1v) is 10.6. The fourth-order valence-electron chi connectivity index (χ4n) is 3.52. The van der Waals surface area contributed by atoms with Crippen LogP contribution in [0.25, 0.3) is 10.9 Å². The zero-order valence-electron chi connectivity index (χ0n) is 18.6. The van der Waals surface area contributed by atoms with Gasteiger partial charge in [-0.2, -0.15) is 0 Å². The number of aliphatic hydroxyl groups excluding tert-OH is 1. The molecule has 0 aliphatic carbocycles. The highest BCUT2D eigenvalue weighted by molar-refractivity contribution is 6.16. The third kappa shape index (κ3) is 4.65. The van der Waals surface area contributed by atoms with Crippen molar-refractivity contribution in [3.8, 4) is 0 Å². The van der Waals surface area contributed by atoms with Crippen molar-refractivity contribution in [3.63, 3.8) is 0 Å². The molecule has 0 spiro atoms. The van der Waals surface area contributed by atoms with Gasteiger partial charge in [-0.05, 0) is 25.0 Å². The molecule has 1 atom stereocenters.